The van der Waals surface area contributed by atoms with Crippen molar-refractivity contribution in [3.63, 3.8) is 0 Å². The lowest BCUT2D eigenvalue weighted by Crippen LogP contribution is -2.58. The smallest absolute Gasteiger partial charge is 0.220 e. The zero-order chi connectivity index (χ0) is 15.0. The molecule has 1 heterocycles. The minimum atomic E-state index is -0.626. The molecule has 1 aliphatic carbocycles. The van der Waals surface area contributed by atoms with Gasteiger partial charge in [-0.2, -0.15) is 4.99 Å². The van der Waals surface area contributed by atoms with Gasteiger partial charge >= 0.3 is 0 Å². The summed E-state index contributed by atoms with van der Waals surface area (Å²) in [5.41, 5.74) is 11.6. The molecule has 0 bridgehead atoms. The second kappa shape index (κ2) is 5.29. The first-order valence-corrected chi connectivity index (χ1v) is 7.76. The van der Waals surface area contributed by atoms with Gasteiger partial charge in [-0.3, -0.25) is 4.90 Å². The first-order valence-electron chi connectivity index (χ1n) is 6.97. The molecule has 0 aromatic heterocycles. The number of para-hydroxylation sites is 1. The van der Waals surface area contributed by atoms with Crippen LogP contribution in [0.1, 0.15) is 32.1 Å². The summed E-state index contributed by atoms with van der Waals surface area (Å²) < 4.78 is 15.0. The number of guanidine groups is 2. The molecule has 3 rings (SSSR count). The number of nitrogens with zero attached hydrogens (tertiary/aromatic N) is 3. The van der Waals surface area contributed by atoms with E-state index in [9.17, 15) is 4.39 Å². The van der Waals surface area contributed by atoms with Crippen molar-refractivity contribution in [1.82, 2.24) is 0 Å². The maximum absolute atomic E-state index is 14.4. The number of hydrogen-bond donors (Lipinski definition) is 2. The molecule has 0 atom stereocenters. The van der Waals surface area contributed by atoms with Gasteiger partial charge in [0.15, 0.2) is 0 Å². The Hall–Kier alpha value is -1.63. The molecule has 1 spiro atoms. The van der Waals surface area contributed by atoms with Crippen LogP contribution in [0.25, 0.3) is 0 Å². The van der Waals surface area contributed by atoms with E-state index in [-0.39, 0.29) is 17.7 Å². The Balaban J connectivity index is 2.16. The normalized spacial score (nSPS) is 21.1. The van der Waals surface area contributed by atoms with Gasteiger partial charge in [-0.25, -0.2) is 9.38 Å². The van der Waals surface area contributed by atoms with Crippen LogP contribution in [0.4, 0.5) is 10.1 Å². The predicted octanol–water partition coefficient (Wildman–Crippen LogP) is 2.70. The van der Waals surface area contributed by atoms with Crippen molar-refractivity contribution in [3.05, 3.63) is 28.5 Å². The second-order valence-corrected chi connectivity index (χ2v) is 6.24. The van der Waals surface area contributed by atoms with Crippen LogP contribution in [-0.4, -0.2) is 17.6 Å². The van der Waals surface area contributed by atoms with E-state index < -0.39 is 5.66 Å². The highest BCUT2D eigenvalue weighted by atomic mass is 79.9. The second-order valence-electron chi connectivity index (χ2n) is 5.39. The zero-order valence-electron chi connectivity index (χ0n) is 11.5. The fourth-order valence-corrected chi connectivity index (χ4v) is 3.67. The Labute approximate surface area is 131 Å². The molecule has 1 aromatic rings. The Morgan fingerprint density at radius 2 is 1.90 bits per heavy atom. The number of halogens is 2. The van der Waals surface area contributed by atoms with Crippen LogP contribution in [0.3, 0.4) is 0 Å². The van der Waals surface area contributed by atoms with E-state index in [0.717, 1.165) is 32.1 Å². The summed E-state index contributed by atoms with van der Waals surface area (Å²) in [6, 6.07) is 4.83. The summed E-state index contributed by atoms with van der Waals surface area (Å²) in [6.07, 6.45) is 4.72. The van der Waals surface area contributed by atoms with Crippen LogP contribution in [0, 0.1) is 5.82 Å². The van der Waals surface area contributed by atoms with Crippen LogP contribution in [0.2, 0.25) is 0 Å². The van der Waals surface area contributed by atoms with Crippen LogP contribution in [0.5, 0.6) is 0 Å². The molecule has 1 aliphatic heterocycles. The third kappa shape index (κ3) is 2.39. The van der Waals surface area contributed by atoms with Crippen LogP contribution in [0.15, 0.2) is 32.7 Å². The van der Waals surface area contributed by atoms with Gasteiger partial charge in [0.1, 0.15) is 11.5 Å². The maximum atomic E-state index is 14.4. The SMILES string of the molecule is NC1=NC2(CCCCC2)N(c2c(F)cccc2Br)C(N)=N1. The quantitative estimate of drug-likeness (QED) is 0.814. The number of hydrogen-bond acceptors (Lipinski definition) is 5. The van der Waals surface area contributed by atoms with Crippen molar-refractivity contribution in [2.24, 2.45) is 21.5 Å². The standard InChI is InChI=1S/C14H17BrFN5/c15-9-5-4-6-10(16)11(9)21-13(18)19-12(17)20-14(21)7-2-1-3-8-14/h4-6H,1-3,7-8H2,(H4,17,18,19,20). The Kier molecular flexibility index (Phi) is 3.61. The minimum absolute atomic E-state index is 0.165. The number of nitrogens with two attached hydrogens (primary N) is 2. The van der Waals surface area contributed by atoms with Crippen molar-refractivity contribution >= 4 is 33.5 Å². The maximum Gasteiger partial charge on any atom is 0.220 e. The van der Waals surface area contributed by atoms with Gasteiger partial charge in [0.2, 0.25) is 11.9 Å². The monoisotopic (exact) mass is 353 g/mol. The summed E-state index contributed by atoms with van der Waals surface area (Å²) >= 11 is 3.40. The lowest BCUT2D eigenvalue weighted by Gasteiger charge is -2.45. The van der Waals surface area contributed by atoms with Crippen molar-refractivity contribution in [2.45, 2.75) is 37.8 Å². The van der Waals surface area contributed by atoms with Crippen molar-refractivity contribution in [2.75, 3.05) is 4.90 Å². The van der Waals surface area contributed by atoms with E-state index in [2.05, 4.69) is 25.9 Å². The van der Waals surface area contributed by atoms with Gasteiger partial charge < -0.3 is 11.5 Å². The molecule has 0 unspecified atom stereocenters. The molecule has 2 aliphatic rings. The number of benzene rings is 1. The van der Waals surface area contributed by atoms with Gasteiger partial charge in [0.05, 0.1) is 5.69 Å². The lowest BCUT2D eigenvalue weighted by molar-refractivity contribution is 0.303. The van der Waals surface area contributed by atoms with E-state index in [1.165, 1.54) is 6.07 Å². The molecule has 5 nitrogen and oxygen atoms in total. The van der Waals surface area contributed by atoms with E-state index in [0.29, 0.717) is 10.2 Å². The zero-order valence-corrected chi connectivity index (χ0v) is 13.1. The number of anilines is 1. The molecule has 0 amide bonds. The van der Waals surface area contributed by atoms with Gasteiger partial charge in [0, 0.05) is 4.47 Å². The molecule has 1 aromatic carbocycles. The fourth-order valence-electron chi connectivity index (χ4n) is 3.15. The van der Waals surface area contributed by atoms with Crippen LogP contribution in [-0.2, 0) is 0 Å². The molecular weight excluding hydrogens is 337 g/mol. The van der Waals surface area contributed by atoms with Gasteiger partial charge in [-0.05, 0) is 53.7 Å². The third-order valence-electron chi connectivity index (χ3n) is 4.01. The first-order chi connectivity index (χ1) is 10.0. The lowest BCUT2D eigenvalue weighted by atomic mass is 9.87. The highest BCUT2D eigenvalue weighted by Crippen LogP contribution is 2.42. The molecular formula is C14H17BrFN5. The topological polar surface area (TPSA) is 80.0 Å². The molecule has 7 heteroatoms. The Morgan fingerprint density at radius 3 is 2.57 bits per heavy atom. The largest absolute Gasteiger partial charge is 0.369 e. The van der Waals surface area contributed by atoms with Crippen molar-refractivity contribution in [1.29, 1.82) is 0 Å². The summed E-state index contributed by atoms with van der Waals surface area (Å²) in [6.45, 7) is 0. The summed E-state index contributed by atoms with van der Waals surface area (Å²) in [4.78, 5) is 10.3. The van der Waals surface area contributed by atoms with E-state index in [4.69, 9.17) is 11.5 Å². The van der Waals surface area contributed by atoms with Gasteiger partial charge in [-0.1, -0.05) is 12.5 Å². The molecule has 4 N–H and O–H groups in total. The van der Waals surface area contributed by atoms with Crippen LogP contribution < -0.4 is 16.4 Å². The molecule has 0 radical (unpaired) electrons. The third-order valence-corrected chi connectivity index (χ3v) is 4.65. The summed E-state index contributed by atoms with van der Waals surface area (Å²) in [7, 11) is 0. The molecule has 0 saturated heterocycles. The highest BCUT2D eigenvalue weighted by molar-refractivity contribution is 9.10. The van der Waals surface area contributed by atoms with E-state index in [1.807, 2.05) is 0 Å². The minimum Gasteiger partial charge on any atom is -0.369 e. The number of aliphatic imine (C=N–C) groups is 2. The highest BCUT2D eigenvalue weighted by Gasteiger charge is 2.44. The summed E-state index contributed by atoms with van der Waals surface area (Å²) in [5, 5.41) is 0. The average molecular weight is 354 g/mol. The van der Waals surface area contributed by atoms with Crippen molar-refractivity contribution in [3.8, 4) is 0 Å². The van der Waals surface area contributed by atoms with E-state index in [1.54, 1.807) is 17.0 Å². The predicted molar refractivity (Wildman–Crippen MR) is 85.6 cm³/mol. The van der Waals surface area contributed by atoms with Gasteiger partial charge in [-0.15, -0.1) is 0 Å². The molecule has 1 saturated carbocycles. The average Bonchev–Trinajstić information content (AvgIpc) is 2.42. The first kappa shape index (κ1) is 14.3. The van der Waals surface area contributed by atoms with Gasteiger partial charge in [0.25, 0.3) is 0 Å². The molecule has 21 heavy (non-hydrogen) atoms. The Morgan fingerprint density at radius 1 is 1.19 bits per heavy atom. The number of rotatable bonds is 1. The van der Waals surface area contributed by atoms with E-state index >= 15 is 0 Å². The summed E-state index contributed by atoms with van der Waals surface area (Å²) in [5.74, 6) is -0.00328. The fraction of sp³-hybridized carbons (Fsp3) is 0.429. The Bertz CT molecular complexity index is 602. The molecule has 112 valence electrons. The van der Waals surface area contributed by atoms with Crippen LogP contribution >= 0.6 is 15.9 Å². The molecule has 1 fully saturated rings. The van der Waals surface area contributed by atoms with Crippen molar-refractivity contribution < 1.29 is 4.39 Å².